The van der Waals surface area contributed by atoms with Gasteiger partial charge in [-0.3, -0.25) is 5.32 Å². The molecule has 1 aliphatic heterocycles. The topological polar surface area (TPSA) is 61.7 Å². The van der Waals surface area contributed by atoms with E-state index in [1.165, 1.54) is 24.0 Å². The molecule has 24 heavy (non-hydrogen) atoms. The summed E-state index contributed by atoms with van der Waals surface area (Å²) in [6.45, 7) is 6.35. The molecule has 0 saturated carbocycles. The maximum atomic E-state index is 10.3. The first-order valence-electron chi connectivity index (χ1n) is 8.92. The Balaban J connectivity index is 2.09. The molecule has 3 rings (SSSR count). The number of ether oxygens (including phenoxy) is 1. The minimum atomic E-state index is -0.929. The molecule has 0 bridgehead atoms. The number of aryl methyl sites for hydroxylation is 1. The second kappa shape index (κ2) is 6.51. The largest absolute Gasteiger partial charge is 0.483 e. The second-order valence-corrected chi connectivity index (χ2v) is 7.58. The Bertz CT molecular complexity index is 663. The van der Waals surface area contributed by atoms with Crippen molar-refractivity contribution < 1.29 is 14.9 Å². The van der Waals surface area contributed by atoms with Gasteiger partial charge in [0.25, 0.3) is 0 Å². The highest BCUT2D eigenvalue weighted by molar-refractivity contribution is 5.79. The molecular formula is C20H29NO3. The van der Waals surface area contributed by atoms with Crippen LogP contribution in [0.25, 0.3) is 5.57 Å². The van der Waals surface area contributed by atoms with Gasteiger partial charge in [-0.25, -0.2) is 0 Å². The summed E-state index contributed by atoms with van der Waals surface area (Å²) in [5.41, 5.74) is 5.86. The van der Waals surface area contributed by atoms with E-state index in [0.29, 0.717) is 6.42 Å². The molecule has 1 heterocycles. The summed E-state index contributed by atoms with van der Waals surface area (Å²) in [4.78, 5) is 0. The molecule has 1 aromatic rings. The fourth-order valence-electron chi connectivity index (χ4n) is 4.12. The highest BCUT2D eigenvalue weighted by atomic mass is 16.5. The van der Waals surface area contributed by atoms with E-state index < -0.39 is 12.3 Å². The Hall–Kier alpha value is -1.36. The molecule has 2 atom stereocenters. The third-order valence-corrected chi connectivity index (χ3v) is 5.28. The molecule has 1 aromatic carbocycles. The Labute approximate surface area is 144 Å². The molecule has 0 spiro atoms. The fraction of sp³-hybridized carbons (Fsp3) is 0.600. The molecule has 0 amide bonds. The number of rotatable bonds is 4. The molecule has 0 fully saturated rings. The van der Waals surface area contributed by atoms with Crippen LogP contribution in [0.5, 0.6) is 5.75 Å². The average Bonchev–Trinajstić information content (AvgIpc) is 2.53. The van der Waals surface area contributed by atoms with Crippen LogP contribution < -0.4 is 10.1 Å². The van der Waals surface area contributed by atoms with Crippen molar-refractivity contribution in [1.82, 2.24) is 5.32 Å². The first kappa shape index (κ1) is 17.5. The molecule has 0 saturated heterocycles. The normalized spacial score (nSPS) is 21.6. The Kier molecular flexibility index (Phi) is 4.73. The highest BCUT2D eigenvalue weighted by Crippen LogP contribution is 2.48. The lowest BCUT2D eigenvalue weighted by molar-refractivity contribution is 0.00369. The van der Waals surface area contributed by atoms with Gasteiger partial charge in [0.15, 0.2) is 0 Å². The molecule has 4 nitrogen and oxygen atoms in total. The zero-order chi connectivity index (χ0) is 17.5. The smallest absolute Gasteiger partial charge is 0.131 e. The van der Waals surface area contributed by atoms with Crippen molar-refractivity contribution in [2.24, 2.45) is 0 Å². The van der Waals surface area contributed by atoms with E-state index >= 15 is 0 Å². The van der Waals surface area contributed by atoms with Gasteiger partial charge < -0.3 is 14.9 Å². The zero-order valence-corrected chi connectivity index (χ0v) is 15.1. The van der Waals surface area contributed by atoms with Gasteiger partial charge in [0.1, 0.15) is 17.6 Å². The molecular weight excluding hydrogens is 302 g/mol. The van der Waals surface area contributed by atoms with Crippen molar-refractivity contribution in [2.75, 3.05) is 7.05 Å². The number of aliphatic hydroxyl groups is 2. The summed E-state index contributed by atoms with van der Waals surface area (Å²) in [5, 5.41) is 22.9. The van der Waals surface area contributed by atoms with E-state index in [-0.39, 0.29) is 5.60 Å². The van der Waals surface area contributed by atoms with E-state index in [0.717, 1.165) is 35.3 Å². The number of nitrogens with one attached hydrogen (secondary N) is 1. The average molecular weight is 331 g/mol. The third-order valence-electron chi connectivity index (χ3n) is 5.28. The predicted molar refractivity (Wildman–Crippen MR) is 96.1 cm³/mol. The quantitative estimate of drug-likeness (QED) is 0.743. The standard InChI is InChI=1S/C20H29NO3/c1-12-9-13(11-16(22)19(23)21-4)18-14-7-5-6-8-15(14)20(2,3)24-17(18)10-12/h9-10,16,19,21-23H,5-8,11H2,1-4H3. The minimum absolute atomic E-state index is 0.267. The first-order valence-corrected chi connectivity index (χ1v) is 8.92. The minimum Gasteiger partial charge on any atom is -0.483 e. The first-order chi connectivity index (χ1) is 11.3. The van der Waals surface area contributed by atoms with Crippen molar-refractivity contribution in [3.63, 3.8) is 0 Å². The van der Waals surface area contributed by atoms with Crippen LogP contribution in [0.2, 0.25) is 0 Å². The number of benzene rings is 1. The highest BCUT2D eigenvalue weighted by Gasteiger charge is 2.37. The second-order valence-electron chi connectivity index (χ2n) is 7.58. The maximum Gasteiger partial charge on any atom is 0.131 e. The van der Waals surface area contributed by atoms with Gasteiger partial charge in [-0.15, -0.1) is 0 Å². The van der Waals surface area contributed by atoms with Gasteiger partial charge in [0.05, 0.1) is 6.10 Å². The molecule has 3 N–H and O–H groups in total. The molecule has 0 aromatic heterocycles. The van der Waals surface area contributed by atoms with Crippen LogP contribution in [0.15, 0.2) is 17.7 Å². The van der Waals surface area contributed by atoms with E-state index in [2.05, 4.69) is 31.3 Å². The predicted octanol–water partition coefficient (Wildman–Crippen LogP) is 2.93. The van der Waals surface area contributed by atoms with Crippen LogP contribution in [0.4, 0.5) is 0 Å². The number of allylic oxidation sites excluding steroid dienone is 1. The van der Waals surface area contributed by atoms with Gasteiger partial charge in [0.2, 0.25) is 0 Å². The van der Waals surface area contributed by atoms with Crippen LogP contribution in [0.1, 0.15) is 56.2 Å². The van der Waals surface area contributed by atoms with E-state index in [1.54, 1.807) is 7.05 Å². The van der Waals surface area contributed by atoms with Crippen molar-refractivity contribution in [3.05, 3.63) is 34.4 Å². The van der Waals surface area contributed by atoms with Gasteiger partial charge >= 0.3 is 0 Å². The number of hydrogen-bond donors (Lipinski definition) is 3. The SMILES string of the molecule is CNC(O)C(O)Cc1cc(C)cc2c1C1=C(CCCC1)C(C)(C)O2. The summed E-state index contributed by atoms with van der Waals surface area (Å²) in [5.74, 6) is 0.918. The molecule has 4 heteroatoms. The lowest BCUT2D eigenvalue weighted by Gasteiger charge is -2.40. The molecule has 132 valence electrons. The van der Waals surface area contributed by atoms with Gasteiger partial charge in [-0.2, -0.15) is 0 Å². The van der Waals surface area contributed by atoms with Crippen LogP contribution in [0.3, 0.4) is 0 Å². The Morgan fingerprint density at radius 2 is 1.92 bits per heavy atom. The summed E-state index contributed by atoms with van der Waals surface area (Å²) in [6.07, 6.45) is 3.19. The third kappa shape index (κ3) is 3.10. The molecule has 2 unspecified atom stereocenters. The van der Waals surface area contributed by atoms with Gasteiger partial charge in [-0.05, 0) is 81.8 Å². The number of aliphatic hydroxyl groups excluding tert-OH is 2. The lowest BCUT2D eigenvalue weighted by Crippen LogP contribution is -2.39. The summed E-state index contributed by atoms with van der Waals surface area (Å²) in [6, 6.07) is 4.21. The van der Waals surface area contributed by atoms with Gasteiger partial charge in [-0.1, -0.05) is 6.07 Å². The van der Waals surface area contributed by atoms with E-state index in [9.17, 15) is 10.2 Å². The number of fused-ring (bicyclic) bond motifs is 2. The molecule has 2 aliphatic rings. The summed E-state index contributed by atoms with van der Waals surface area (Å²) in [7, 11) is 1.65. The van der Waals surface area contributed by atoms with Crippen molar-refractivity contribution in [1.29, 1.82) is 0 Å². The zero-order valence-electron chi connectivity index (χ0n) is 15.1. The number of hydrogen-bond acceptors (Lipinski definition) is 4. The van der Waals surface area contributed by atoms with Crippen LogP contribution in [0, 0.1) is 6.92 Å². The molecule has 1 aliphatic carbocycles. The summed E-state index contributed by atoms with van der Waals surface area (Å²) < 4.78 is 6.36. The van der Waals surface area contributed by atoms with E-state index in [4.69, 9.17) is 4.74 Å². The van der Waals surface area contributed by atoms with Crippen LogP contribution in [-0.2, 0) is 6.42 Å². The Morgan fingerprint density at radius 1 is 1.21 bits per heavy atom. The van der Waals surface area contributed by atoms with Gasteiger partial charge in [0, 0.05) is 12.0 Å². The monoisotopic (exact) mass is 331 g/mol. The van der Waals surface area contributed by atoms with Crippen molar-refractivity contribution >= 4 is 5.57 Å². The van der Waals surface area contributed by atoms with Crippen LogP contribution >= 0.6 is 0 Å². The van der Waals surface area contributed by atoms with Crippen LogP contribution in [-0.4, -0.2) is 35.2 Å². The summed E-state index contributed by atoms with van der Waals surface area (Å²) >= 11 is 0. The lowest BCUT2D eigenvalue weighted by atomic mass is 9.76. The number of likely N-dealkylation sites (N-methyl/N-ethyl adjacent to an activating group) is 1. The van der Waals surface area contributed by atoms with E-state index in [1.807, 2.05) is 6.92 Å². The fourth-order valence-corrected chi connectivity index (χ4v) is 4.12. The molecule has 0 radical (unpaired) electrons. The Morgan fingerprint density at radius 3 is 2.62 bits per heavy atom. The maximum absolute atomic E-state index is 10.3. The van der Waals surface area contributed by atoms with Crippen molar-refractivity contribution in [2.45, 2.75) is 70.8 Å². The van der Waals surface area contributed by atoms with Crippen molar-refractivity contribution in [3.8, 4) is 5.75 Å².